The lowest BCUT2D eigenvalue weighted by molar-refractivity contribution is -0.144. The van der Waals surface area contributed by atoms with Crippen molar-refractivity contribution in [2.24, 2.45) is 7.05 Å². The zero-order valence-corrected chi connectivity index (χ0v) is 22.3. The quantitative estimate of drug-likeness (QED) is 0.318. The van der Waals surface area contributed by atoms with Gasteiger partial charge in [-0.3, -0.25) is 9.59 Å². The number of amides is 1. The minimum atomic E-state index is -1.28. The monoisotopic (exact) mass is 572 g/mol. The van der Waals surface area contributed by atoms with E-state index in [1.165, 1.54) is 43.2 Å². The second-order valence-corrected chi connectivity index (χ2v) is 9.88. The molecule has 2 aromatic carbocycles. The van der Waals surface area contributed by atoms with E-state index in [4.69, 9.17) is 25.6 Å². The summed E-state index contributed by atoms with van der Waals surface area (Å²) in [5, 5.41) is 18.0. The molecule has 1 amide bonds. The Morgan fingerprint density at radius 2 is 1.98 bits per heavy atom. The number of ketones is 1. The van der Waals surface area contributed by atoms with Gasteiger partial charge in [-0.05, 0) is 51.2 Å². The van der Waals surface area contributed by atoms with Gasteiger partial charge in [0, 0.05) is 11.4 Å². The van der Waals surface area contributed by atoms with Crippen LogP contribution in [0.3, 0.4) is 0 Å². The van der Waals surface area contributed by atoms with Gasteiger partial charge in [-0.1, -0.05) is 30.7 Å². The highest BCUT2D eigenvalue weighted by Crippen LogP contribution is 2.37. The van der Waals surface area contributed by atoms with Crippen LogP contribution in [0.15, 0.2) is 40.9 Å². The summed E-state index contributed by atoms with van der Waals surface area (Å²) in [6, 6.07) is 8.27. The number of carbonyl (C=O) groups excluding carboxylic acids is 2. The summed E-state index contributed by atoms with van der Waals surface area (Å²) in [5.41, 5.74) is -0.370. The summed E-state index contributed by atoms with van der Waals surface area (Å²) in [4.78, 5) is 27.1. The van der Waals surface area contributed by atoms with E-state index in [0.717, 1.165) is 6.07 Å². The summed E-state index contributed by atoms with van der Waals surface area (Å²) >= 11 is 6.10. The predicted octanol–water partition coefficient (Wildman–Crippen LogP) is 3.73. The number of hydrogen-bond donors (Lipinski definition) is 1. The van der Waals surface area contributed by atoms with Crippen molar-refractivity contribution < 1.29 is 32.4 Å². The van der Waals surface area contributed by atoms with Crippen LogP contribution in [0.25, 0.3) is 22.5 Å². The number of tetrazole rings is 1. The molecule has 2 aromatic heterocycles. The molecule has 0 aliphatic carbocycles. The van der Waals surface area contributed by atoms with E-state index in [2.05, 4.69) is 25.9 Å². The molecule has 208 valence electrons. The molecular formula is C26H23ClF2N6O5. The fourth-order valence-corrected chi connectivity index (χ4v) is 4.65. The number of rotatable bonds is 9. The Kier molecular flexibility index (Phi) is 7.34. The number of nitrogens with zero attached hydrogens (tertiary/aromatic N) is 5. The molecular weight excluding hydrogens is 550 g/mol. The molecule has 5 rings (SSSR count). The number of halogens is 3. The maximum absolute atomic E-state index is 15.4. The van der Waals surface area contributed by atoms with Crippen molar-refractivity contribution in [3.63, 3.8) is 0 Å². The van der Waals surface area contributed by atoms with E-state index < -0.39 is 29.0 Å². The second kappa shape index (κ2) is 10.7. The number of nitrogens with one attached hydrogen (secondary N) is 1. The molecule has 0 bridgehead atoms. The molecule has 1 atom stereocenters. The van der Waals surface area contributed by atoms with E-state index >= 15 is 4.39 Å². The van der Waals surface area contributed by atoms with Crippen LogP contribution >= 0.6 is 11.6 Å². The summed E-state index contributed by atoms with van der Waals surface area (Å²) in [6.45, 7) is 1.63. The third-order valence-electron chi connectivity index (χ3n) is 6.63. The lowest BCUT2D eigenvalue weighted by atomic mass is 9.83. The minimum absolute atomic E-state index is 0.0222. The maximum Gasteiger partial charge on any atom is 0.290 e. The van der Waals surface area contributed by atoms with Gasteiger partial charge in [-0.25, -0.2) is 8.78 Å². The van der Waals surface area contributed by atoms with Crippen LogP contribution < -0.4 is 10.1 Å². The number of benzene rings is 2. The highest BCUT2D eigenvalue weighted by atomic mass is 35.5. The molecule has 4 aromatic rings. The van der Waals surface area contributed by atoms with Crippen LogP contribution in [-0.2, 0) is 16.6 Å². The molecule has 1 saturated heterocycles. The van der Waals surface area contributed by atoms with E-state index in [1.54, 1.807) is 13.0 Å². The Balaban J connectivity index is 1.36. The Labute approximate surface area is 231 Å². The zero-order chi connectivity index (χ0) is 28.6. The first kappa shape index (κ1) is 27.3. The topological polar surface area (TPSA) is 134 Å². The van der Waals surface area contributed by atoms with Gasteiger partial charge in [0.1, 0.15) is 17.2 Å². The van der Waals surface area contributed by atoms with Gasteiger partial charge >= 0.3 is 0 Å². The molecule has 0 spiro atoms. The van der Waals surface area contributed by atoms with Gasteiger partial charge in [-0.2, -0.15) is 4.80 Å². The average molecular weight is 573 g/mol. The number of aryl methyl sites for hydroxylation is 1. The molecule has 40 heavy (non-hydrogen) atoms. The lowest BCUT2D eigenvalue weighted by Crippen LogP contribution is -2.67. The van der Waals surface area contributed by atoms with E-state index in [9.17, 15) is 14.0 Å². The highest BCUT2D eigenvalue weighted by molar-refractivity contribution is 6.31. The van der Waals surface area contributed by atoms with Gasteiger partial charge in [0.15, 0.2) is 5.78 Å². The maximum atomic E-state index is 15.4. The fourth-order valence-electron chi connectivity index (χ4n) is 4.44. The third kappa shape index (κ3) is 5.17. The standard InChI is InChI=1S/C26H23ClF2N6O5/c1-13(6-21(36)26(11-39-12-26)30-25(37)20-10-22(38-3)33-40-20)16-5-4-14(7-18(16)28)17-8-15(27)9-19(29)23(17)24-31-34-35(2)32-24/h4-5,7-10,13H,6,11-12H2,1-3H3,(H,30,37)/t13-/m0/s1. The number of hydrogen-bond acceptors (Lipinski definition) is 9. The largest absolute Gasteiger partial charge is 0.479 e. The van der Waals surface area contributed by atoms with Crippen molar-refractivity contribution in [3.05, 3.63) is 64.4 Å². The second-order valence-electron chi connectivity index (χ2n) is 9.44. The molecule has 1 fully saturated rings. The minimum Gasteiger partial charge on any atom is -0.479 e. The Bertz CT molecular complexity index is 1600. The smallest absolute Gasteiger partial charge is 0.290 e. The predicted molar refractivity (Wildman–Crippen MR) is 137 cm³/mol. The van der Waals surface area contributed by atoms with Crippen LogP contribution in [0.2, 0.25) is 5.02 Å². The van der Waals surface area contributed by atoms with Gasteiger partial charge in [0.25, 0.3) is 11.8 Å². The number of carbonyl (C=O) groups is 2. The fraction of sp³-hybridized carbons (Fsp3) is 0.308. The normalized spacial score (nSPS) is 14.8. The molecule has 1 N–H and O–H groups in total. The molecule has 14 heteroatoms. The number of Topliss-reactive ketones (excluding diaryl/α,β-unsaturated/α-hetero) is 1. The Morgan fingerprint density at radius 3 is 2.58 bits per heavy atom. The van der Waals surface area contributed by atoms with Crippen molar-refractivity contribution in [2.75, 3.05) is 20.3 Å². The molecule has 0 saturated carbocycles. The van der Waals surface area contributed by atoms with Gasteiger partial charge in [-0.15, -0.1) is 10.2 Å². The van der Waals surface area contributed by atoms with Crippen molar-refractivity contribution in [1.29, 1.82) is 0 Å². The van der Waals surface area contributed by atoms with Crippen LogP contribution in [0.1, 0.15) is 35.4 Å². The van der Waals surface area contributed by atoms with Gasteiger partial charge < -0.3 is 19.3 Å². The number of ether oxygens (including phenoxy) is 2. The third-order valence-corrected chi connectivity index (χ3v) is 6.84. The molecule has 0 radical (unpaired) electrons. The summed E-state index contributed by atoms with van der Waals surface area (Å²) in [7, 11) is 2.91. The molecule has 1 aliphatic rings. The lowest BCUT2D eigenvalue weighted by Gasteiger charge is -2.40. The molecule has 0 unspecified atom stereocenters. The van der Waals surface area contributed by atoms with Crippen molar-refractivity contribution >= 4 is 23.3 Å². The van der Waals surface area contributed by atoms with Crippen molar-refractivity contribution in [1.82, 2.24) is 30.7 Å². The van der Waals surface area contributed by atoms with Crippen LogP contribution in [-0.4, -0.2) is 62.9 Å². The first-order chi connectivity index (χ1) is 19.1. The van der Waals surface area contributed by atoms with E-state index in [1.807, 2.05) is 0 Å². The summed E-state index contributed by atoms with van der Waals surface area (Å²) in [6.07, 6.45) is -0.0831. The van der Waals surface area contributed by atoms with E-state index in [0.29, 0.717) is 5.56 Å². The number of methoxy groups -OCH3 is 1. The highest BCUT2D eigenvalue weighted by Gasteiger charge is 2.47. The van der Waals surface area contributed by atoms with Crippen molar-refractivity contribution in [2.45, 2.75) is 24.8 Å². The van der Waals surface area contributed by atoms with Crippen LogP contribution in [0, 0.1) is 11.6 Å². The summed E-state index contributed by atoms with van der Waals surface area (Å²) in [5.74, 6) is -2.82. The molecule has 11 nitrogen and oxygen atoms in total. The molecule has 1 aliphatic heterocycles. The van der Waals surface area contributed by atoms with Gasteiger partial charge in [0.05, 0.1) is 39.0 Å². The first-order valence-corrected chi connectivity index (χ1v) is 12.5. The van der Waals surface area contributed by atoms with Crippen LogP contribution in [0.4, 0.5) is 8.78 Å². The zero-order valence-electron chi connectivity index (χ0n) is 21.6. The SMILES string of the molecule is COc1cc(C(=O)NC2(C(=O)C[C@H](C)c3ccc(-c4cc(Cl)cc(F)c4-c4nnn(C)n4)cc3F)COC2)on1. The van der Waals surface area contributed by atoms with Crippen LogP contribution in [0.5, 0.6) is 5.88 Å². The Hall–Kier alpha value is -4.23. The Morgan fingerprint density at radius 1 is 1.20 bits per heavy atom. The summed E-state index contributed by atoms with van der Waals surface area (Å²) < 4.78 is 45.4. The van der Waals surface area contributed by atoms with Crippen molar-refractivity contribution in [3.8, 4) is 28.4 Å². The average Bonchev–Trinajstić information content (AvgIpc) is 3.54. The van der Waals surface area contributed by atoms with Gasteiger partial charge in [0.2, 0.25) is 11.6 Å². The number of aromatic nitrogens is 5. The first-order valence-electron chi connectivity index (χ1n) is 12.1. The van der Waals surface area contributed by atoms with E-state index in [-0.39, 0.29) is 64.6 Å². The molecule has 3 heterocycles.